The summed E-state index contributed by atoms with van der Waals surface area (Å²) < 4.78 is 1.92. The van der Waals surface area contributed by atoms with Crippen LogP contribution in [0.3, 0.4) is 0 Å². The number of anilines is 1. The lowest BCUT2D eigenvalue weighted by atomic mass is 10.2. The van der Waals surface area contributed by atoms with Crippen molar-refractivity contribution in [2.24, 2.45) is 0 Å². The van der Waals surface area contributed by atoms with E-state index in [0.717, 1.165) is 25.2 Å². The first kappa shape index (κ1) is 13.5. The first-order valence-corrected chi connectivity index (χ1v) is 6.74. The van der Waals surface area contributed by atoms with E-state index in [1.807, 2.05) is 35.1 Å². The van der Waals surface area contributed by atoms with Crippen LogP contribution in [0.4, 0.5) is 5.69 Å². The van der Waals surface area contributed by atoms with Crippen LogP contribution >= 0.6 is 12.2 Å². The molecular formula is C14H18N4S. The van der Waals surface area contributed by atoms with Crippen LogP contribution in [0, 0.1) is 6.92 Å². The van der Waals surface area contributed by atoms with Crippen LogP contribution in [0.2, 0.25) is 0 Å². The summed E-state index contributed by atoms with van der Waals surface area (Å²) in [5.74, 6) is 0. The van der Waals surface area contributed by atoms with Gasteiger partial charge >= 0.3 is 0 Å². The Hall–Kier alpha value is -1.88. The fraction of sp³-hybridized carbons (Fsp3) is 0.286. The predicted molar refractivity (Wildman–Crippen MR) is 82.2 cm³/mol. The number of rotatable bonds is 5. The van der Waals surface area contributed by atoms with Crippen molar-refractivity contribution in [3.8, 4) is 0 Å². The largest absolute Gasteiger partial charge is 0.362 e. The van der Waals surface area contributed by atoms with Crippen molar-refractivity contribution in [1.82, 2.24) is 15.1 Å². The van der Waals surface area contributed by atoms with E-state index in [1.165, 1.54) is 5.56 Å². The molecule has 100 valence electrons. The highest BCUT2D eigenvalue weighted by atomic mass is 32.1. The van der Waals surface area contributed by atoms with Crippen molar-refractivity contribution in [2.75, 3.05) is 11.9 Å². The molecule has 19 heavy (non-hydrogen) atoms. The normalized spacial score (nSPS) is 10.2. The van der Waals surface area contributed by atoms with Gasteiger partial charge < -0.3 is 10.6 Å². The molecule has 1 heterocycles. The summed E-state index contributed by atoms with van der Waals surface area (Å²) in [7, 11) is 0. The summed E-state index contributed by atoms with van der Waals surface area (Å²) in [6.45, 7) is 3.78. The Balaban J connectivity index is 1.69. The number of para-hydroxylation sites is 1. The number of aryl methyl sites for hydroxylation is 2. The first-order chi connectivity index (χ1) is 9.25. The number of aromatic nitrogens is 2. The molecule has 1 aromatic carbocycles. The predicted octanol–water partition coefficient (Wildman–Crippen LogP) is 2.57. The second-order valence-electron chi connectivity index (χ2n) is 4.32. The van der Waals surface area contributed by atoms with Crippen LogP contribution in [-0.2, 0) is 6.54 Å². The molecule has 2 aromatic rings. The van der Waals surface area contributed by atoms with Gasteiger partial charge in [0, 0.05) is 31.2 Å². The first-order valence-electron chi connectivity index (χ1n) is 6.33. The smallest absolute Gasteiger partial charge is 0.170 e. The van der Waals surface area contributed by atoms with Crippen LogP contribution in [0.25, 0.3) is 0 Å². The molecule has 4 nitrogen and oxygen atoms in total. The molecule has 0 amide bonds. The van der Waals surface area contributed by atoms with Crippen LogP contribution in [0.1, 0.15) is 12.0 Å². The number of hydrogen-bond acceptors (Lipinski definition) is 2. The van der Waals surface area contributed by atoms with Gasteiger partial charge in [-0.15, -0.1) is 0 Å². The summed E-state index contributed by atoms with van der Waals surface area (Å²) in [6, 6.07) is 10.0. The number of nitrogens with zero attached hydrogens (tertiary/aromatic N) is 2. The fourth-order valence-corrected chi connectivity index (χ4v) is 1.97. The van der Waals surface area contributed by atoms with Gasteiger partial charge in [-0.3, -0.25) is 4.68 Å². The van der Waals surface area contributed by atoms with Gasteiger partial charge in [-0.1, -0.05) is 18.2 Å². The minimum Gasteiger partial charge on any atom is -0.362 e. The molecule has 2 rings (SSSR count). The topological polar surface area (TPSA) is 41.9 Å². The number of thiocarbonyl (C=S) groups is 1. The maximum Gasteiger partial charge on any atom is 0.170 e. The standard InChI is InChI=1S/C14H18N4S/c1-12-6-2-3-7-13(12)17-14(19)15-8-4-10-18-11-5-9-16-18/h2-3,5-7,9,11H,4,8,10H2,1H3,(H2,15,17,19). The van der Waals surface area contributed by atoms with Crippen LogP contribution < -0.4 is 10.6 Å². The molecule has 0 atom stereocenters. The molecule has 0 fully saturated rings. The molecule has 0 aliphatic rings. The van der Waals surface area contributed by atoms with Gasteiger partial charge in [-0.25, -0.2) is 0 Å². The average molecular weight is 274 g/mol. The van der Waals surface area contributed by atoms with Gasteiger partial charge in [0.2, 0.25) is 0 Å². The SMILES string of the molecule is Cc1ccccc1NC(=S)NCCCn1cccn1. The third kappa shape index (κ3) is 4.37. The molecule has 0 bridgehead atoms. The summed E-state index contributed by atoms with van der Waals surface area (Å²) in [4.78, 5) is 0. The number of benzene rings is 1. The highest BCUT2D eigenvalue weighted by Gasteiger charge is 1.99. The molecule has 0 aliphatic heterocycles. The third-order valence-corrected chi connectivity index (χ3v) is 3.05. The fourth-order valence-electron chi connectivity index (χ4n) is 1.76. The summed E-state index contributed by atoms with van der Waals surface area (Å²) >= 11 is 5.26. The Labute approximate surface area is 118 Å². The molecule has 1 aromatic heterocycles. The van der Waals surface area contributed by atoms with E-state index >= 15 is 0 Å². The Bertz CT molecular complexity index is 522. The van der Waals surface area contributed by atoms with Gasteiger partial charge in [0.05, 0.1) is 0 Å². The summed E-state index contributed by atoms with van der Waals surface area (Å²) in [5.41, 5.74) is 2.23. The zero-order valence-electron chi connectivity index (χ0n) is 11.0. The van der Waals surface area contributed by atoms with E-state index in [2.05, 4.69) is 28.7 Å². The van der Waals surface area contributed by atoms with Crippen molar-refractivity contribution in [3.05, 3.63) is 48.3 Å². The van der Waals surface area contributed by atoms with E-state index in [0.29, 0.717) is 5.11 Å². The highest BCUT2D eigenvalue weighted by Crippen LogP contribution is 2.12. The van der Waals surface area contributed by atoms with Crippen LogP contribution in [-0.4, -0.2) is 21.4 Å². The Morgan fingerprint density at radius 3 is 2.89 bits per heavy atom. The molecular weight excluding hydrogens is 256 g/mol. The van der Waals surface area contributed by atoms with Gasteiger partial charge in [-0.2, -0.15) is 5.10 Å². The lowest BCUT2D eigenvalue weighted by Gasteiger charge is -2.12. The third-order valence-electron chi connectivity index (χ3n) is 2.80. The second-order valence-corrected chi connectivity index (χ2v) is 4.73. The Morgan fingerprint density at radius 1 is 1.32 bits per heavy atom. The van der Waals surface area contributed by atoms with Crippen molar-refractivity contribution >= 4 is 23.0 Å². The zero-order chi connectivity index (χ0) is 13.5. The second kappa shape index (κ2) is 6.89. The maximum atomic E-state index is 5.26. The van der Waals surface area contributed by atoms with Crippen molar-refractivity contribution < 1.29 is 0 Å². The minimum absolute atomic E-state index is 0.662. The molecule has 0 spiro atoms. The molecule has 5 heteroatoms. The summed E-state index contributed by atoms with van der Waals surface area (Å²) in [6.07, 6.45) is 4.74. The van der Waals surface area contributed by atoms with Crippen LogP contribution in [0.5, 0.6) is 0 Å². The quantitative estimate of drug-likeness (QED) is 0.649. The van der Waals surface area contributed by atoms with Gasteiger partial charge in [0.15, 0.2) is 5.11 Å². The van der Waals surface area contributed by atoms with E-state index in [4.69, 9.17) is 12.2 Å². The average Bonchev–Trinajstić information content (AvgIpc) is 2.91. The van der Waals surface area contributed by atoms with Crippen molar-refractivity contribution in [3.63, 3.8) is 0 Å². The summed E-state index contributed by atoms with van der Waals surface area (Å²) in [5, 5.41) is 11.2. The molecule has 0 saturated carbocycles. The molecule has 0 unspecified atom stereocenters. The lowest BCUT2D eigenvalue weighted by molar-refractivity contribution is 0.574. The number of hydrogen-bond donors (Lipinski definition) is 2. The molecule has 2 N–H and O–H groups in total. The molecule has 0 aliphatic carbocycles. The van der Waals surface area contributed by atoms with E-state index in [9.17, 15) is 0 Å². The highest BCUT2D eigenvalue weighted by molar-refractivity contribution is 7.80. The molecule has 0 saturated heterocycles. The van der Waals surface area contributed by atoms with Crippen LogP contribution in [0.15, 0.2) is 42.7 Å². The van der Waals surface area contributed by atoms with Crippen molar-refractivity contribution in [2.45, 2.75) is 19.9 Å². The van der Waals surface area contributed by atoms with Gasteiger partial charge in [-0.05, 0) is 43.3 Å². The van der Waals surface area contributed by atoms with E-state index < -0.39 is 0 Å². The lowest BCUT2D eigenvalue weighted by Crippen LogP contribution is -2.30. The van der Waals surface area contributed by atoms with E-state index in [1.54, 1.807) is 6.20 Å². The Morgan fingerprint density at radius 2 is 2.16 bits per heavy atom. The van der Waals surface area contributed by atoms with Crippen molar-refractivity contribution in [1.29, 1.82) is 0 Å². The molecule has 0 radical (unpaired) electrons. The van der Waals surface area contributed by atoms with Gasteiger partial charge in [0.25, 0.3) is 0 Å². The van der Waals surface area contributed by atoms with Gasteiger partial charge in [0.1, 0.15) is 0 Å². The monoisotopic (exact) mass is 274 g/mol. The number of nitrogens with one attached hydrogen (secondary N) is 2. The maximum absolute atomic E-state index is 5.26. The van der Waals surface area contributed by atoms with E-state index in [-0.39, 0.29) is 0 Å². The minimum atomic E-state index is 0.662. The zero-order valence-corrected chi connectivity index (χ0v) is 11.8. The Kier molecular flexibility index (Phi) is 4.92.